The molecule has 0 aromatic heterocycles. The average molecular weight is 269 g/mol. The summed E-state index contributed by atoms with van der Waals surface area (Å²) in [6.45, 7) is 0. The molecule has 0 radical (unpaired) electrons. The molecule has 2 N–H and O–H groups in total. The number of benzene rings is 1. The number of ketones is 1. The van der Waals surface area contributed by atoms with Crippen LogP contribution in [0, 0.1) is 23.2 Å². The fourth-order valence-corrected chi connectivity index (χ4v) is 5.66. The summed E-state index contributed by atoms with van der Waals surface area (Å²) in [4.78, 5) is 12.6. The van der Waals surface area contributed by atoms with E-state index in [1.165, 1.54) is 38.5 Å². The molecule has 106 valence electrons. The van der Waals surface area contributed by atoms with Crippen LogP contribution in [0.3, 0.4) is 0 Å². The van der Waals surface area contributed by atoms with Crippen molar-refractivity contribution in [3.63, 3.8) is 0 Å². The summed E-state index contributed by atoms with van der Waals surface area (Å²) in [5, 5.41) is 0. The molecule has 0 amide bonds. The van der Waals surface area contributed by atoms with Gasteiger partial charge in [0.1, 0.15) is 0 Å². The molecular weight excluding hydrogens is 246 g/mol. The van der Waals surface area contributed by atoms with Gasteiger partial charge in [-0.1, -0.05) is 12.1 Å². The van der Waals surface area contributed by atoms with Gasteiger partial charge in [-0.3, -0.25) is 4.79 Å². The van der Waals surface area contributed by atoms with E-state index in [2.05, 4.69) is 0 Å². The molecule has 4 saturated carbocycles. The molecule has 5 rings (SSSR count). The number of hydrogen-bond donors (Lipinski definition) is 1. The maximum absolute atomic E-state index is 12.6. The summed E-state index contributed by atoms with van der Waals surface area (Å²) in [7, 11) is 0. The van der Waals surface area contributed by atoms with Gasteiger partial charge >= 0.3 is 0 Å². The van der Waals surface area contributed by atoms with Crippen LogP contribution in [0.15, 0.2) is 24.3 Å². The van der Waals surface area contributed by atoms with Crippen LogP contribution >= 0.6 is 0 Å². The van der Waals surface area contributed by atoms with Crippen LogP contribution in [-0.2, 0) is 0 Å². The lowest BCUT2D eigenvalue weighted by Gasteiger charge is -2.56. The zero-order chi connectivity index (χ0) is 13.7. The van der Waals surface area contributed by atoms with Crippen molar-refractivity contribution in [1.82, 2.24) is 0 Å². The highest BCUT2D eigenvalue weighted by Gasteiger charge is 2.51. The molecule has 0 spiro atoms. The smallest absolute Gasteiger partial charge is 0.163 e. The first-order valence-electron chi connectivity index (χ1n) is 8.01. The van der Waals surface area contributed by atoms with Gasteiger partial charge in [0.05, 0.1) is 0 Å². The van der Waals surface area contributed by atoms with Crippen LogP contribution < -0.4 is 5.73 Å². The third-order valence-electron chi connectivity index (χ3n) is 5.91. The normalized spacial score (nSPS) is 38.1. The molecule has 4 fully saturated rings. The van der Waals surface area contributed by atoms with E-state index in [9.17, 15) is 4.79 Å². The van der Waals surface area contributed by atoms with E-state index >= 15 is 0 Å². The predicted molar refractivity (Wildman–Crippen MR) is 80.4 cm³/mol. The average Bonchev–Trinajstić information content (AvgIpc) is 2.36. The molecule has 0 saturated heterocycles. The molecule has 0 atom stereocenters. The first-order valence-corrected chi connectivity index (χ1v) is 8.01. The van der Waals surface area contributed by atoms with E-state index < -0.39 is 0 Å². The maximum atomic E-state index is 12.6. The minimum absolute atomic E-state index is 0.305. The highest BCUT2D eigenvalue weighted by molar-refractivity contribution is 5.97. The minimum atomic E-state index is 0.305. The summed E-state index contributed by atoms with van der Waals surface area (Å²) >= 11 is 0. The molecule has 4 aliphatic carbocycles. The lowest BCUT2D eigenvalue weighted by atomic mass is 9.48. The van der Waals surface area contributed by atoms with Gasteiger partial charge in [-0.05, 0) is 73.8 Å². The molecule has 0 heterocycles. The fourth-order valence-electron chi connectivity index (χ4n) is 5.66. The lowest BCUT2D eigenvalue weighted by Crippen LogP contribution is -2.46. The first kappa shape index (κ1) is 12.4. The Bertz CT molecular complexity index is 513. The third-order valence-corrected chi connectivity index (χ3v) is 5.91. The summed E-state index contributed by atoms with van der Waals surface area (Å²) in [5.74, 6) is 3.04. The van der Waals surface area contributed by atoms with Crippen molar-refractivity contribution in [1.29, 1.82) is 0 Å². The predicted octanol–water partition coefficient (Wildman–Crippen LogP) is 4.06. The Labute approximate surface area is 120 Å². The Morgan fingerprint density at radius 1 is 1.10 bits per heavy atom. The lowest BCUT2D eigenvalue weighted by molar-refractivity contribution is -0.0524. The number of nitrogen functional groups attached to an aromatic ring is 1. The van der Waals surface area contributed by atoms with Gasteiger partial charge in [-0.2, -0.15) is 0 Å². The van der Waals surface area contributed by atoms with Crippen molar-refractivity contribution in [3.8, 4) is 0 Å². The number of carbonyl (C=O) groups excluding carboxylic acids is 1. The van der Waals surface area contributed by atoms with Crippen molar-refractivity contribution in [2.45, 2.75) is 44.9 Å². The maximum Gasteiger partial charge on any atom is 0.163 e. The summed E-state index contributed by atoms with van der Waals surface area (Å²) in [6.07, 6.45) is 8.95. The second kappa shape index (κ2) is 4.34. The van der Waals surface area contributed by atoms with Crippen molar-refractivity contribution < 1.29 is 4.79 Å². The second-order valence-corrected chi connectivity index (χ2v) is 7.64. The van der Waals surface area contributed by atoms with Gasteiger partial charge in [0.15, 0.2) is 5.78 Å². The molecule has 2 heteroatoms. The fraction of sp³-hybridized carbons (Fsp3) is 0.611. The van der Waals surface area contributed by atoms with Crippen LogP contribution in [0.25, 0.3) is 0 Å². The molecular formula is C18H23NO. The molecule has 4 bridgehead atoms. The third kappa shape index (κ3) is 2.06. The van der Waals surface area contributed by atoms with Gasteiger partial charge < -0.3 is 5.73 Å². The Kier molecular flexibility index (Phi) is 2.70. The topological polar surface area (TPSA) is 43.1 Å². The van der Waals surface area contributed by atoms with E-state index in [4.69, 9.17) is 5.73 Å². The molecule has 1 aromatic rings. The highest BCUT2D eigenvalue weighted by atomic mass is 16.1. The second-order valence-electron chi connectivity index (χ2n) is 7.64. The van der Waals surface area contributed by atoms with Crippen molar-refractivity contribution in [2.75, 3.05) is 5.73 Å². The van der Waals surface area contributed by atoms with Gasteiger partial charge in [-0.15, -0.1) is 0 Å². The summed E-state index contributed by atoms with van der Waals surface area (Å²) in [6, 6.07) is 7.49. The molecule has 1 aromatic carbocycles. The van der Waals surface area contributed by atoms with Crippen LogP contribution in [0.4, 0.5) is 5.69 Å². The zero-order valence-electron chi connectivity index (χ0n) is 12.0. The van der Waals surface area contributed by atoms with Gasteiger partial charge in [0.25, 0.3) is 0 Å². The van der Waals surface area contributed by atoms with Crippen LogP contribution in [0.1, 0.15) is 55.3 Å². The van der Waals surface area contributed by atoms with Crippen molar-refractivity contribution in [3.05, 3.63) is 29.8 Å². The van der Waals surface area contributed by atoms with Crippen LogP contribution in [-0.4, -0.2) is 5.78 Å². The molecule has 0 aliphatic heterocycles. The van der Waals surface area contributed by atoms with E-state index in [1.807, 2.05) is 24.3 Å². The van der Waals surface area contributed by atoms with Crippen LogP contribution in [0.5, 0.6) is 0 Å². The summed E-state index contributed by atoms with van der Waals surface area (Å²) < 4.78 is 0. The Morgan fingerprint density at radius 3 is 2.25 bits per heavy atom. The standard InChI is InChI=1S/C18H23NO/c19-16-3-1-2-15(7-16)17(20)11-18-8-12-4-13(9-18)6-14(5-12)10-18/h1-3,7,12-14H,4-6,8-11,19H2. The quantitative estimate of drug-likeness (QED) is 0.664. The molecule has 2 nitrogen and oxygen atoms in total. The first-order chi connectivity index (χ1) is 9.62. The Hall–Kier alpha value is -1.31. The van der Waals surface area contributed by atoms with E-state index in [0.29, 0.717) is 16.9 Å². The number of nitrogens with two attached hydrogens (primary N) is 1. The monoisotopic (exact) mass is 269 g/mol. The minimum Gasteiger partial charge on any atom is -0.399 e. The number of carbonyl (C=O) groups is 1. The van der Waals surface area contributed by atoms with Gasteiger partial charge in [-0.25, -0.2) is 0 Å². The number of Topliss-reactive ketones (excluding diaryl/α,β-unsaturated/α-hetero) is 1. The van der Waals surface area contributed by atoms with Gasteiger partial charge in [0.2, 0.25) is 0 Å². The largest absolute Gasteiger partial charge is 0.399 e. The number of hydrogen-bond acceptors (Lipinski definition) is 2. The molecule has 4 aliphatic rings. The van der Waals surface area contributed by atoms with E-state index in [1.54, 1.807) is 0 Å². The number of anilines is 1. The van der Waals surface area contributed by atoms with Crippen molar-refractivity contribution >= 4 is 11.5 Å². The molecule has 20 heavy (non-hydrogen) atoms. The number of rotatable bonds is 3. The van der Waals surface area contributed by atoms with Gasteiger partial charge in [0, 0.05) is 17.7 Å². The van der Waals surface area contributed by atoms with E-state index in [-0.39, 0.29) is 0 Å². The Balaban J connectivity index is 1.55. The SMILES string of the molecule is Nc1cccc(C(=O)CC23CC4CC(CC(C4)C2)C3)c1. The van der Waals surface area contributed by atoms with E-state index in [0.717, 1.165) is 29.7 Å². The zero-order valence-corrected chi connectivity index (χ0v) is 12.0. The highest BCUT2D eigenvalue weighted by Crippen LogP contribution is 2.61. The van der Waals surface area contributed by atoms with Crippen molar-refractivity contribution in [2.24, 2.45) is 23.2 Å². The molecule has 0 unspecified atom stereocenters. The summed E-state index contributed by atoms with van der Waals surface area (Å²) in [5.41, 5.74) is 7.64. The Morgan fingerprint density at radius 2 is 1.70 bits per heavy atom. The van der Waals surface area contributed by atoms with Crippen LogP contribution in [0.2, 0.25) is 0 Å².